The Kier molecular flexibility index (Phi) is 5.87. The van der Waals surface area contributed by atoms with Crippen molar-refractivity contribution in [3.8, 4) is 6.07 Å². The van der Waals surface area contributed by atoms with Gasteiger partial charge in [-0.2, -0.15) is 5.26 Å². The average Bonchev–Trinajstić information content (AvgIpc) is 2.97. The van der Waals surface area contributed by atoms with Crippen LogP contribution in [0.1, 0.15) is 54.3 Å². The average molecular weight is 383 g/mol. The number of pyridine rings is 1. The van der Waals surface area contributed by atoms with Crippen molar-refractivity contribution in [2.75, 3.05) is 5.32 Å². The first-order valence-corrected chi connectivity index (χ1v) is 9.72. The number of carbonyl (C=O) groups excluding carboxylic acids is 2. The van der Waals surface area contributed by atoms with Gasteiger partial charge in [0.1, 0.15) is 17.2 Å². The minimum atomic E-state index is -0.294. The highest BCUT2D eigenvalue weighted by Crippen LogP contribution is 2.38. The lowest BCUT2D eigenvalue weighted by Gasteiger charge is -2.21. The molecule has 0 fully saturated rings. The van der Waals surface area contributed by atoms with E-state index in [0.717, 1.165) is 16.1 Å². The van der Waals surface area contributed by atoms with Crippen LogP contribution in [-0.2, 0) is 27.2 Å². The summed E-state index contributed by atoms with van der Waals surface area (Å²) < 4.78 is 5.30. The topological polar surface area (TPSA) is 92.1 Å². The van der Waals surface area contributed by atoms with Gasteiger partial charge in [-0.1, -0.05) is 13.0 Å². The number of aromatic nitrogens is 1. The van der Waals surface area contributed by atoms with Gasteiger partial charge >= 0.3 is 5.97 Å². The Balaban J connectivity index is 1.70. The van der Waals surface area contributed by atoms with Crippen LogP contribution in [0.15, 0.2) is 24.4 Å². The Morgan fingerprint density at radius 2 is 2.30 bits per heavy atom. The number of amides is 1. The van der Waals surface area contributed by atoms with E-state index in [4.69, 9.17) is 4.74 Å². The number of thiophene rings is 1. The second-order valence-corrected chi connectivity index (χ2v) is 7.81. The zero-order valence-corrected chi connectivity index (χ0v) is 16.1. The van der Waals surface area contributed by atoms with Crippen LogP contribution in [0.5, 0.6) is 0 Å². The molecule has 2 unspecified atom stereocenters. The predicted octanol–water partition coefficient (Wildman–Crippen LogP) is 3.57. The maximum Gasteiger partial charge on any atom is 0.302 e. The zero-order valence-electron chi connectivity index (χ0n) is 15.3. The van der Waals surface area contributed by atoms with Gasteiger partial charge in [0, 0.05) is 42.5 Å². The Morgan fingerprint density at radius 1 is 1.48 bits per heavy atom. The van der Waals surface area contributed by atoms with Crippen molar-refractivity contribution >= 4 is 28.2 Å². The summed E-state index contributed by atoms with van der Waals surface area (Å²) in [6, 6.07) is 7.87. The summed E-state index contributed by atoms with van der Waals surface area (Å²) in [5.41, 5.74) is 2.37. The number of carbonyl (C=O) groups is 2. The number of nitrogens with one attached hydrogen (secondary N) is 1. The van der Waals surface area contributed by atoms with Gasteiger partial charge in [-0.15, -0.1) is 11.3 Å². The van der Waals surface area contributed by atoms with Gasteiger partial charge in [0.25, 0.3) is 0 Å². The van der Waals surface area contributed by atoms with Crippen LogP contribution in [-0.4, -0.2) is 23.0 Å². The molecule has 140 valence electrons. The highest BCUT2D eigenvalue weighted by Gasteiger charge is 2.28. The molecule has 0 bridgehead atoms. The van der Waals surface area contributed by atoms with Gasteiger partial charge in [-0.3, -0.25) is 14.6 Å². The Bertz CT molecular complexity index is 886. The van der Waals surface area contributed by atoms with Gasteiger partial charge < -0.3 is 10.1 Å². The van der Waals surface area contributed by atoms with E-state index in [1.807, 2.05) is 25.1 Å². The van der Waals surface area contributed by atoms with Crippen LogP contribution in [0.2, 0.25) is 0 Å². The maximum absolute atomic E-state index is 12.5. The highest BCUT2D eigenvalue weighted by atomic mass is 32.1. The third-order valence-corrected chi connectivity index (χ3v) is 5.77. The fraction of sp³-hybridized carbons (Fsp3) is 0.400. The number of rotatable bonds is 5. The molecule has 2 aromatic heterocycles. The van der Waals surface area contributed by atoms with E-state index in [2.05, 4.69) is 16.4 Å². The maximum atomic E-state index is 12.5. The van der Waals surface area contributed by atoms with Crippen molar-refractivity contribution in [1.29, 1.82) is 5.26 Å². The molecule has 0 radical (unpaired) electrons. The zero-order chi connectivity index (χ0) is 19.4. The molecule has 1 amide bonds. The minimum absolute atomic E-state index is 0.0142. The Hall–Kier alpha value is -2.72. The molecule has 2 heterocycles. The number of fused-ring (bicyclic) bond motifs is 1. The van der Waals surface area contributed by atoms with Crippen molar-refractivity contribution in [3.63, 3.8) is 0 Å². The summed E-state index contributed by atoms with van der Waals surface area (Å²) in [4.78, 5) is 29.0. The number of hydrogen-bond donors (Lipinski definition) is 1. The molecular formula is C20H21N3O3S. The molecule has 0 aromatic carbocycles. The molecule has 7 heteroatoms. The Morgan fingerprint density at radius 3 is 2.96 bits per heavy atom. The molecule has 6 nitrogen and oxygen atoms in total. The number of anilines is 1. The van der Waals surface area contributed by atoms with Crippen LogP contribution in [0.3, 0.4) is 0 Å². The van der Waals surface area contributed by atoms with E-state index < -0.39 is 0 Å². The molecule has 1 aliphatic rings. The van der Waals surface area contributed by atoms with Gasteiger partial charge in [-0.05, 0) is 30.5 Å². The molecule has 2 aromatic rings. The summed E-state index contributed by atoms with van der Waals surface area (Å²) in [5, 5.41) is 13.0. The summed E-state index contributed by atoms with van der Waals surface area (Å²) in [5.74, 6) is -0.447. The first kappa shape index (κ1) is 19.1. The summed E-state index contributed by atoms with van der Waals surface area (Å²) in [6.07, 6.45) is 3.81. The first-order valence-electron chi connectivity index (χ1n) is 8.90. The number of ether oxygens (including phenoxy) is 1. The van der Waals surface area contributed by atoms with Crippen LogP contribution < -0.4 is 5.32 Å². The van der Waals surface area contributed by atoms with Gasteiger partial charge in [0.15, 0.2) is 0 Å². The summed E-state index contributed by atoms with van der Waals surface area (Å²) >= 11 is 1.41. The molecule has 0 saturated heterocycles. The predicted molar refractivity (Wildman–Crippen MR) is 103 cm³/mol. The van der Waals surface area contributed by atoms with Crippen LogP contribution in [0.25, 0.3) is 0 Å². The van der Waals surface area contributed by atoms with Crippen molar-refractivity contribution in [3.05, 3.63) is 46.1 Å². The van der Waals surface area contributed by atoms with E-state index in [9.17, 15) is 14.9 Å². The van der Waals surface area contributed by atoms with E-state index in [1.165, 1.54) is 18.3 Å². The van der Waals surface area contributed by atoms with Gasteiger partial charge in [0.05, 0.1) is 5.56 Å². The Labute approximate surface area is 162 Å². The molecule has 0 spiro atoms. The lowest BCUT2D eigenvalue weighted by atomic mass is 9.93. The molecule has 0 saturated carbocycles. The second kappa shape index (κ2) is 8.31. The fourth-order valence-corrected chi connectivity index (χ4v) is 4.60. The van der Waals surface area contributed by atoms with Crippen LogP contribution in [0.4, 0.5) is 5.00 Å². The van der Waals surface area contributed by atoms with E-state index in [0.29, 0.717) is 36.2 Å². The molecule has 1 N–H and O–H groups in total. The SMILES string of the molecule is CC(=O)OC1CCc2c(sc(NC(=O)CC(C)c3ccccn3)c2C#N)C1. The lowest BCUT2D eigenvalue weighted by Crippen LogP contribution is -2.23. The quantitative estimate of drug-likeness (QED) is 0.797. The number of hydrogen-bond acceptors (Lipinski definition) is 6. The molecular weight excluding hydrogens is 362 g/mol. The molecule has 2 atom stereocenters. The second-order valence-electron chi connectivity index (χ2n) is 6.70. The van der Waals surface area contributed by atoms with Gasteiger partial charge in [0.2, 0.25) is 5.91 Å². The normalized spacial score (nSPS) is 16.7. The van der Waals surface area contributed by atoms with Crippen molar-refractivity contribution in [1.82, 2.24) is 4.98 Å². The largest absolute Gasteiger partial charge is 0.462 e. The lowest BCUT2D eigenvalue weighted by molar-refractivity contribution is -0.146. The standard InChI is InChI=1S/C20H21N3O3S/c1-12(17-5-3-4-8-22-17)9-19(25)23-20-16(11-21)15-7-6-14(26-13(2)24)10-18(15)27-20/h3-5,8,12,14H,6-7,9-10H2,1-2H3,(H,23,25). The number of esters is 1. The van der Waals surface area contributed by atoms with Gasteiger partial charge in [-0.25, -0.2) is 0 Å². The van der Waals surface area contributed by atoms with Crippen molar-refractivity contribution in [2.24, 2.45) is 0 Å². The minimum Gasteiger partial charge on any atom is -0.462 e. The monoisotopic (exact) mass is 383 g/mol. The smallest absolute Gasteiger partial charge is 0.302 e. The third-order valence-electron chi connectivity index (χ3n) is 4.60. The van der Waals surface area contributed by atoms with E-state index >= 15 is 0 Å². The first-order chi connectivity index (χ1) is 13.0. The van der Waals surface area contributed by atoms with Crippen LogP contribution in [0, 0.1) is 11.3 Å². The summed E-state index contributed by atoms with van der Waals surface area (Å²) in [6.45, 7) is 3.36. The number of nitrogens with zero attached hydrogens (tertiary/aromatic N) is 2. The molecule has 0 aliphatic heterocycles. The van der Waals surface area contributed by atoms with Crippen LogP contribution >= 0.6 is 11.3 Å². The fourth-order valence-electron chi connectivity index (χ4n) is 3.33. The molecule has 3 rings (SSSR count). The molecule has 1 aliphatic carbocycles. The van der Waals surface area contributed by atoms with E-state index in [-0.39, 0.29) is 23.9 Å². The van der Waals surface area contributed by atoms with E-state index in [1.54, 1.807) is 6.20 Å². The molecule has 27 heavy (non-hydrogen) atoms. The van der Waals surface area contributed by atoms with Crippen molar-refractivity contribution < 1.29 is 14.3 Å². The third kappa shape index (κ3) is 4.52. The summed E-state index contributed by atoms with van der Waals surface area (Å²) in [7, 11) is 0. The number of nitriles is 1. The van der Waals surface area contributed by atoms with Crippen molar-refractivity contribution in [2.45, 2.75) is 51.6 Å². The highest BCUT2D eigenvalue weighted by molar-refractivity contribution is 7.16.